The van der Waals surface area contributed by atoms with Crippen molar-refractivity contribution in [2.45, 2.75) is 6.18 Å². The van der Waals surface area contributed by atoms with Crippen LogP contribution in [0, 0.1) is 5.82 Å². The first-order chi connectivity index (χ1) is 7.87. The number of urea groups is 1. The van der Waals surface area contributed by atoms with E-state index >= 15 is 0 Å². The van der Waals surface area contributed by atoms with E-state index < -0.39 is 24.6 Å². The lowest BCUT2D eigenvalue weighted by Gasteiger charge is -2.09. The summed E-state index contributed by atoms with van der Waals surface area (Å²) in [6.45, 7) is -1.61. The Morgan fingerprint density at radius 2 is 2.06 bits per heavy atom. The quantitative estimate of drug-likeness (QED) is 0.641. The molecule has 0 bridgehead atoms. The molecule has 0 fully saturated rings. The molecule has 0 aliphatic rings. The molecule has 17 heavy (non-hydrogen) atoms. The van der Waals surface area contributed by atoms with Gasteiger partial charge in [-0.05, 0) is 18.2 Å². The number of halogens is 4. The molecule has 0 unspecified atom stereocenters. The minimum atomic E-state index is -4.54. The second-order valence-corrected chi connectivity index (χ2v) is 2.97. The van der Waals surface area contributed by atoms with Gasteiger partial charge in [-0.2, -0.15) is 13.2 Å². The highest BCUT2D eigenvalue weighted by molar-refractivity contribution is 5.88. The Kier molecular flexibility index (Phi) is 4.27. The number of rotatable bonds is 3. The third-order valence-corrected chi connectivity index (χ3v) is 1.48. The van der Waals surface area contributed by atoms with Gasteiger partial charge in [0.2, 0.25) is 0 Å². The van der Waals surface area contributed by atoms with Crippen molar-refractivity contribution in [1.29, 1.82) is 0 Å². The molecule has 0 aromatic heterocycles. The Labute approximate surface area is 93.5 Å². The standard InChI is InChI=1S/C9H8F4N2O2/c10-6-2-1-3-7(4-6)14-8(16)15-17-5-9(11,12)13/h1-4H,5H2,(H2,14,15,16). The summed E-state index contributed by atoms with van der Waals surface area (Å²) in [5.41, 5.74) is 1.61. The van der Waals surface area contributed by atoms with Gasteiger partial charge < -0.3 is 5.32 Å². The molecule has 1 aromatic carbocycles. The molecule has 0 saturated carbocycles. The fraction of sp³-hybridized carbons (Fsp3) is 0.222. The second kappa shape index (κ2) is 5.48. The van der Waals surface area contributed by atoms with Crippen molar-refractivity contribution in [3.05, 3.63) is 30.1 Å². The molecule has 0 aliphatic carbocycles. The van der Waals surface area contributed by atoms with Crippen LogP contribution in [0.15, 0.2) is 24.3 Å². The number of benzene rings is 1. The van der Waals surface area contributed by atoms with Crippen LogP contribution in [-0.2, 0) is 4.84 Å². The van der Waals surface area contributed by atoms with E-state index in [9.17, 15) is 22.4 Å². The van der Waals surface area contributed by atoms with E-state index in [1.807, 2.05) is 0 Å². The van der Waals surface area contributed by atoms with Crippen molar-refractivity contribution in [3.8, 4) is 0 Å². The van der Waals surface area contributed by atoms with Gasteiger partial charge in [-0.25, -0.2) is 14.7 Å². The van der Waals surface area contributed by atoms with Gasteiger partial charge in [0.25, 0.3) is 0 Å². The minimum absolute atomic E-state index is 0.0955. The molecular weight excluding hydrogens is 244 g/mol. The van der Waals surface area contributed by atoms with Crippen LogP contribution in [-0.4, -0.2) is 18.8 Å². The molecule has 94 valence electrons. The highest BCUT2D eigenvalue weighted by atomic mass is 19.4. The average molecular weight is 252 g/mol. The average Bonchev–Trinajstić information content (AvgIpc) is 2.15. The summed E-state index contributed by atoms with van der Waals surface area (Å²) >= 11 is 0. The van der Waals surface area contributed by atoms with Crippen LogP contribution in [0.2, 0.25) is 0 Å². The summed E-state index contributed by atoms with van der Waals surface area (Å²) in [4.78, 5) is 14.9. The number of hydrogen-bond donors (Lipinski definition) is 2. The Bertz CT molecular complexity index is 395. The number of nitrogens with one attached hydrogen (secondary N) is 2. The normalized spacial score (nSPS) is 11.1. The van der Waals surface area contributed by atoms with Crippen molar-refractivity contribution < 1.29 is 27.2 Å². The van der Waals surface area contributed by atoms with E-state index in [2.05, 4.69) is 10.2 Å². The van der Waals surface area contributed by atoms with Gasteiger partial charge in [0.15, 0.2) is 6.61 Å². The lowest BCUT2D eigenvalue weighted by molar-refractivity contribution is -0.183. The lowest BCUT2D eigenvalue weighted by Crippen LogP contribution is -2.32. The van der Waals surface area contributed by atoms with Crippen LogP contribution >= 0.6 is 0 Å². The predicted octanol–water partition coefficient (Wildman–Crippen LogP) is 2.44. The van der Waals surface area contributed by atoms with Gasteiger partial charge in [0, 0.05) is 5.69 Å². The predicted molar refractivity (Wildman–Crippen MR) is 50.6 cm³/mol. The Morgan fingerprint density at radius 1 is 1.35 bits per heavy atom. The van der Waals surface area contributed by atoms with Gasteiger partial charge in [0.1, 0.15) is 5.82 Å². The molecule has 2 amide bonds. The zero-order valence-corrected chi connectivity index (χ0v) is 8.34. The van der Waals surface area contributed by atoms with Gasteiger partial charge in [-0.15, -0.1) is 0 Å². The van der Waals surface area contributed by atoms with Gasteiger partial charge in [-0.3, -0.25) is 4.84 Å². The van der Waals surface area contributed by atoms with Crippen LogP contribution in [0.25, 0.3) is 0 Å². The number of amides is 2. The van der Waals surface area contributed by atoms with Crippen molar-refractivity contribution >= 4 is 11.7 Å². The first-order valence-electron chi connectivity index (χ1n) is 4.38. The topological polar surface area (TPSA) is 50.4 Å². The number of alkyl halides is 3. The summed E-state index contributed by atoms with van der Waals surface area (Å²) in [7, 11) is 0. The molecular formula is C9H8F4N2O2. The van der Waals surface area contributed by atoms with Crippen LogP contribution in [0.1, 0.15) is 0 Å². The maximum atomic E-state index is 12.7. The summed E-state index contributed by atoms with van der Waals surface area (Å²) < 4.78 is 47.6. The Hall–Kier alpha value is -1.83. The molecule has 0 aliphatic heterocycles. The molecule has 2 N–H and O–H groups in total. The fourth-order valence-corrected chi connectivity index (χ4v) is 0.906. The largest absolute Gasteiger partial charge is 0.414 e. The zero-order chi connectivity index (χ0) is 12.9. The molecule has 1 aromatic rings. The zero-order valence-electron chi connectivity index (χ0n) is 8.34. The minimum Gasteiger partial charge on any atom is -0.306 e. The maximum Gasteiger partial charge on any atom is 0.414 e. The molecule has 0 spiro atoms. The SMILES string of the molecule is O=C(NOCC(F)(F)F)Nc1cccc(F)c1. The summed E-state index contributed by atoms with van der Waals surface area (Å²) in [6, 6.07) is 3.83. The van der Waals surface area contributed by atoms with E-state index in [-0.39, 0.29) is 5.69 Å². The molecule has 4 nitrogen and oxygen atoms in total. The van der Waals surface area contributed by atoms with Gasteiger partial charge in [-0.1, -0.05) is 6.07 Å². The summed E-state index contributed by atoms with van der Waals surface area (Å²) in [5.74, 6) is -0.584. The van der Waals surface area contributed by atoms with Gasteiger partial charge >= 0.3 is 12.2 Å². The van der Waals surface area contributed by atoms with E-state index in [4.69, 9.17) is 0 Å². The Morgan fingerprint density at radius 3 is 2.65 bits per heavy atom. The van der Waals surface area contributed by atoms with Crippen LogP contribution < -0.4 is 10.8 Å². The molecule has 0 heterocycles. The molecule has 8 heteroatoms. The molecule has 0 saturated heterocycles. The first kappa shape index (κ1) is 13.2. The summed E-state index contributed by atoms with van der Waals surface area (Å²) in [6.07, 6.45) is -4.54. The third-order valence-electron chi connectivity index (χ3n) is 1.48. The smallest absolute Gasteiger partial charge is 0.306 e. The van der Waals surface area contributed by atoms with Crippen molar-refractivity contribution in [1.82, 2.24) is 5.48 Å². The monoisotopic (exact) mass is 252 g/mol. The van der Waals surface area contributed by atoms with Crippen LogP contribution in [0.3, 0.4) is 0 Å². The lowest BCUT2D eigenvalue weighted by atomic mass is 10.3. The number of carbonyl (C=O) groups is 1. The van der Waals surface area contributed by atoms with Crippen LogP contribution in [0.4, 0.5) is 28.0 Å². The van der Waals surface area contributed by atoms with Crippen molar-refractivity contribution in [3.63, 3.8) is 0 Å². The molecule has 1 rings (SSSR count). The highest BCUT2D eigenvalue weighted by Gasteiger charge is 2.28. The third kappa shape index (κ3) is 5.71. The fourth-order valence-electron chi connectivity index (χ4n) is 0.906. The van der Waals surface area contributed by atoms with E-state index in [0.717, 1.165) is 12.1 Å². The van der Waals surface area contributed by atoms with E-state index in [0.29, 0.717) is 0 Å². The number of hydroxylamine groups is 1. The second-order valence-electron chi connectivity index (χ2n) is 2.97. The number of carbonyl (C=O) groups excluding carboxylic acids is 1. The summed E-state index contributed by atoms with van der Waals surface area (Å²) in [5, 5.41) is 2.09. The number of anilines is 1. The van der Waals surface area contributed by atoms with Crippen molar-refractivity contribution in [2.75, 3.05) is 11.9 Å². The van der Waals surface area contributed by atoms with Crippen molar-refractivity contribution in [2.24, 2.45) is 0 Å². The molecule has 0 atom stereocenters. The van der Waals surface area contributed by atoms with Gasteiger partial charge in [0.05, 0.1) is 0 Å². The van der Waals surface area contributed by atoms with E-state index in [1.54, 1.807) is 0 Å². The number of hydrogen-bond acceptors (Lipinski definition) is 2. The highest BCUT2D eigenvalue weighted by Crippen LogP contribution is 2.13. The molecule has 0 radical (unpaired) electrons. The first-order valence-corrected chi connectivity index (χ1v) is 4.38. The maximum absolute atomic E-state index is 12.7. The van der Waals surface area contributed by atoms with E-state index in [1.165, 1.54) is 17.6 Å². The Balaban J connectivity index is 2.35. The van der Waals surface area contributed by atoms with Crippen LogP contribution in [0.5, 0.6) is 0 Å².